The number of benzene rings is 2. The molecule has 0 atom stereocenters. The number of hydrogen-bond acceptors (Lipinski definition) is 4. The standard InChI is InChI=1S/C18H16FN3O2/c1-21-17(20-14-5-3-2-4-13(14)18(21)23)11-22-8-9-24-16-7-6-12(19)10-15(16)22/h2-7,10H,8-9,11H2,1H3. The summed E-state index contributed by atoms with van der Waals surface area (Å²) >= 11 is 0. The van der Waals surface area contributed by atoms with Crippen molar-refractivity contribution in [1.82, 2.24) is 9.55 Å². The van der Waals surface area contributed by atoms with Crippen molar-refractivity contribution in [3.63, 3.8) is 0 Å². The molecule has 2 heterocycles. The van der Waals surface area contributed by atoms with Gasteiger partial charge in [-0.2, -0.15) is 0 Å². The molecule has 0 N–H and O–H groups in total. The first-order valence-corrected chi connectivity index (χ1v) is 7.75. The molecule has 1 aromatic heterocycles. The fraction of sp³-hybridized carbons (Fsp3) is 0.222. The van der Waals surface area contributed by atoms with Gasteiger partial charge in [-0.1, -0.05) is 12.1 Å². The van der Waals surface area contributed by atoms with Crippen molar-refractivity contribution in [1.29, 1.82) is 0 Å². The number of ether oxygens (including phenoxy) is 1. The van der Waals surface area contributed by atoms with Crippen molar-refractivity contribution in [3.05, 3.63) is 64.5 Å². The topological polar surface area (TPSA) is 47.4 Å². The Labute approximate surface area is 137 Å². The lowest BCUT2D eigenvalue weighted by Gasteiger charge is -2.31. The predicted molar refractivity (Wildman–Crippen MR) is 89.9 cm³/mol. The second-order valence-electron chi connectivity index (χ2n) is 5.79. The molecular weight excluding hydrogens is 309 g/mol. The third-order valence-corrected chi connectivity index (χ3v) is 4.29. The van der Waals surface area contributed by atoms with Gasteiger partial charge in [0, 0.05) is 13.1 Å². The molecule has 0 bridgehead atoms. The zero-order valence-corrected chi connectivity index (χ0v) is 13.2. The fourth-order valence-electron chi connectivity index (χ4n) is 2.99. The molecule has 3 aromatic rings. The van der Waals surface area contributed by atoms with Crippen molar-refractivity contribution < 1.29 is 9.13 Å². The first-order chi connectivity index (χ1) is 11.6. The molecule has 0 spiro atoms. The third-order valence-electron chi connectivity index (χ3n) is 4.29. The number of fused-ring (bicyclic) bond motifs is 2. The second-order valence-corrected chi connectivity index (χ2v) is 5.79. The molecule has 0 unspecified atom stereocenters. The monoisotopic (exact) mass is 325 g/mol. The van der Waals surface area contributed by atoms with Crippen molar-refractivity contribution in [2.45, 2.75) is 6.54 Å². The van der Waals surface area contributed by atoms with Gasteiger partial charge in [0.2, 0.25) is 0 Å². The molecule has 122 valence electrons. The summed E-state index contributed by atoms with van der Waals surface area (Å²) < 4.78 is 20.7. The normalized spacial score (nSPS) is 13.7. The van der Waals surface area contributed by atoms with Crippen LogP contribution in [0.25, 0.3) is 10.9 Å². The van der Waals surface area contributed by atoms with Gasteiger partial charge in [0.25, 0.3) is 5.56 Å². The molecule has 6 heteroatoms. The van der Waals surface area contributed by atoms with Crippen LogP contribution < -0.4 is 15.2 Å². The highest BCUT2D eigenvalue weighted by Gasteiger charge is 2.20. The maximum absolute atomic E-state index is 13.6. The molecule has 0 aliphatic carbocycles. The number of aromatic nitrogens is 2. The average Bonchev–Trinajstić information content (AvgIpc) is 2.60. The van der Waals surface area contributed by atoms with Crippen LogP contribution in [-0.2, 0) is 13.6 Å². The van der Waals surface area contributed by atoms with E-state index in [1.807, 2.05) is 23.1 Å². The molecule has 5 nitrogen and oxygen atoms in total. The lowest BCUT2D eigenvalue weighted by atomic mass is 10.2. The predicted octanol–water partition coefficient (Wildman–Crippen LogP) is 2.47. The van der Waals surface area contributed by atoms with Gasteiger partial charge in [0.15, 0.2) is 0 Å². The highest BCUT2D eigenvalue weighted by Crippen LogP contribution is 2.32. The van der Waals surface area contributed by atoms with Crippen LogP contribution >= 0.6 is 0 Å². The SMILES string of the molecule is Cn1c(CN2CCOc3ccc(F)cc32)nc2ccccc2c1=O. The van der Waals surface area contributed by atoms with Crippen LogP contribution in [0.1, 0.15) is 5.82 Å². The van der Waals surface area contributed by atoms with Crippen molar-refractivity contribution >= 4 is 16.6 Å². The Balaban J connectivity index is 1.77. The molecule has 4 rings (SSSR count). The van der Waals surface area contributed by atoms with Gasteiger partial charge in [-0.05, 0) is 24.3 Å². The summed E-state index contributed by atoms with van der Waals surface area (Å²) in [4.78, 5) is 19.1. The van der Waals surface area contributed by atoms with E-state index in [0.717, 1.165) is 0 Å². The Kier molecular flexibility index (Phi) is 3.45. The zero-order valence-electron chi connectivity index (χ0n) is 13.2. The molecule has 1 aliphatic heterocycles. The molecule has 0 fully saturated rings. The Bertz CT molecular complexity index is 984. The largest absolute Gasteiger partial charge is 0.490 e. The molecular formula is C18H16FN3O2. The molecule has 0 saturated carbocycles. The summed E-state index contributed by atoms with van der Waals surface area (Å²) in [6, 6.07) is 11.7. The highest BCUT2D eigenvalue weighted by molar-refractivity contribution is 5.77. The minimum atomic E-state index is -0.315. The van der Waals surface area contributed by atoms with Gasteiger partial charge in [-0.25, -0.2) is 9.37 Å². The van der Waals surface area contributed by atoms with Crippen LogP contribution in [0.5, 0.6) is 5.75 Å². The van der Waals surface area contributed by atoms with Crippen LogP contribution in [0.2, 0.25) is 0 Å². The summed E-state index contributed by atoms with van der Waals surface area (Å²) in [5.74, 6) is 0.967. The Morgan fingerprint density at radius 2 is 2.08 bits per heavy atom. The van der Waals surface area contributed by atoms with Crippen molar-refractivity contribution in [2.75, 3.05) is 18.1 Å². The van der Waals surface area contributed by atoms with E-state index in [4.69, 9.17) is 4.74 Å². The number of rotatable bonds is 2. The molecule has 0 amide bonds. The number of para-hydroxylation sites is 1. The molecule has 2 aromatic carbocycles. The van der Waals surface area contributed by atoms with Crippen molar-refractivity contribution in [3.8, 4) is 5.75 Å². The van der Waals surface area contributed by atoms with Gasteiger partial charge in [-0.3, -0.25) is 9.36 Å². The smallest absolute Gasteiger partial charge is 0.261 e. The van der Waals surface area contributed by atoms with Crippen LogP contribution in [0.3, 0.4) is 0 Å². The van der Waals surface area contributed by atoms with Crippen LogP contribution in [0.4, 0.5) is 10.1 Å². The van der Waals surface area contributed by atoms with Gasteiger partial charge in [0.1, 0.15) is 24.0 Å². The van der Waals surface area contributed by atoms with E-state index in [2.05, 4.69) is 4.98 Å². The first kappa shape index (κ1) is 14.7. The maximum Gasteiger partial charge on any atom is 0.261 e. The highest BCUT2D eigenvalue weighted by atomic mass is 19.1. The van der Waals surface area contributed by atoms with E-state index in [1.54, 1.807) is 23.7 Å². The number of anilines is 1. The first-order valence-electron chi connectivity index (χ1n) is 7.75. The summed E-state index contributed by atoms with van der Waals surface area (Å²) in [5, 5.41) is 0.595. The van der Waals surface area contributed by atoms with Gasteiger partial charge in [-0.15, -0.1) is 0 Å². The summed E-state index contributed by atoms with van der Waals surface area (Å²) in [6.45, 7) is 1.54. The zero-order chi connectivity index (χ0) is 16.7. The van der Waals surface area contributed by atoms with E-state index in [-0.39, 0.29) is 11.4 Å². The summed E-state index contributed by atoms with van der Waals surface area (Å²) in [5.41, 5.74) is 1.27. The summed E-state index contributed by atoms with van der Waals surface area (Å²) in [6.07, 6.45) is 0. The Morgan fingerprint density at radius 3 is 2.96 bits per heavy atom. The third kappa shape index (κ3) is 2.40. The summed E-state index contributed by atoms with van der Waals surface area (Å²) in [7, 11) is 1.71. The molecule has 0 radical (unpaired) electrons. The van der Waals surface area contributed by atoms with Crippen LogP contribution in [0.15, 0.2) is 47.3 Å². The van der Waals surface area contributed by atoms with E-state index in [9.17, 15) is 9.18 Å². The van der Waals surface area contributed by atoms with E-state index < -0.39 is 0 Å². The van der Waals surface area contributed by atoms with Gasteiger partial charge in [0.05, 0.1) is 29.7 Å². The van der Waals surface area contributed by atoms with E-state index in [1.165, 1.54) is 12.1 Å². The number of nitrogens with zero attached hydrogens (tertiary/aromatic N) is 3. The van der Waals surface area contributed by atoms with Gasteiger partial charge >= 0.3 is 0 Å². The van der Waals surface area contributed by atoms with E-state index >= 15 is 0 Å². The van der Waals surface area contributed by atoms with Crippen molar-refractivity contribution in [2.24, 2.45) is 7.05 Å². The number of halogens is 1. The Hall–Kier alpha value is -2.89. The maximum atomic E-state index is 13.6. The van der Waals surface area contributed by atoms with Gasteiger partial charge < -0.3 is 9.64 Å². The van der Waals surface area contributed by atoms with Crippen LogP contribution in [0, 0.1) is 5.82 Å². The van der Waals surface area contributed by atoms with E-state index in [0.29, 0.717) is 47.9 Å². The molecule has 24 heavy (non-hydrogen) atoms. The minimum absolute atomic E-state index is 0.0803. The lowest BCUT2D eigenvalue weighted by molar-refractivity contribution is 0.305. The lowest BCUT2D eigenvalue weighted by Crippen LogP contribution is -2.35. The molecule has 0 saturated heterocycles. The fourth-order valence-corrected chi connectivity index (χ4v) is 2.99. The second kappa shape index (κ2) is 5.63. The molecule has 1 aliphatic rings. The minimum Gasteiger partial charge on any atom is -0.490 e. The average molecular weight is 325 g/mol. The van der Waals surface area contributed by atoms with Crippen LogP contribution in [-0.4, -0.2) is 22.7 Å². The number of hydrogen-bond donors (Lipinski definition) is 0. The Morgan fingerprint density at radius 1 is 1.25 bits per heavy atom. The quantitative estimate of drug-likeness (QED) is 0.726.